The van der Waals surface area contributed by atoms with Crippen LogP contribution in [0.1, 0.15) is 49.9 Å². The third kappa shape index (κ3) is 1.69. The van der Waals surface area contributed by atoms with Gasteiger partial charge in [0.15, 0.2) is 11.6 Å². The molecule has 7 nitrogen and oxygen atoms in total. The molecule has 0 radical (unpaired) electrons. The van der Waals surface area contributed by atoms with Crippen LogP contribution in [-0.2, 0) is 14.3 Å². The smallest absolute Gasteiger partial charge is 0.205 e. The van der Waals surface area contributed by atoms with Gasteiger partial charge in [-0.05, 0) is 48.6 Å². The van der Waals surface area contributed by atoms with Crippen LogP contribution in [-0.4, -0.2) is 51.0 Å². The van der Waals surface area contributed by atoms with Crippen molar-refractivity contribution in [3.05, 3.63) is 42.2 Å². The summed E-state index contributed by atoms with van der Waals surface area (Å²) in [6.45, 7) is 8.24. The Balaban J connectivity index is 1.44. The van der Waals surface area contributed by atoms with Gasteiger partial charge >= 0.3 is 0 Å². The van der Waals surface area contributed by atoms with Crippen molar-refractivity contribution in [1.29, 1.82) is 0 Å². The molecule has 8 rings (SSSR count). The van der Waals surface area contributed by atoms with E-state index in [1.54, 1.807) is 18.3 Å². The number of carbonyl (C=O) groups excluding carboxylic acids is 3. The van der Waals surface area contributed by atoms with Gasteiger partial charge in [-0.15, -0.1) is 0 Å². The number of ketones is 3. The normalized spacial score (nSPS) is 51.5. The number of pyridine rings is 1. The van der Waals surface area contributed by atoms with Gasteiger partial charge in [0, 0.05) is 36.2 Å². The van der Waals surface area contributed by atoms with E-state index in [4.69, 9.17) is 4.74 Å². The highest BCUT2D eigenvalue weighted by Crippen LogP contribution is 2.87. The highest BCUT2D eigenvalue weighted by Gasteiger charge is 2.96. The molecule has 2 aliphatic heterocycles. The minimum atomic E-state index is -2.13. The van der Waals surface area contributed by atoms with Gasteiger partial charge < -0.3 is 14.9 Å². The molecule has 1 aromatic heterocycles. The van der Waals surface area contributed by atoms with Crippen LogP contribution in [0.4, 0.5) is 0 Å². The Morgan fingerprint density at radius 1 is 1.24 bits per heavy atom. The van der Waals surface area contributed by atoms with Gasteiger partial charge in [0.2, 0.25) is 5.79 Å². The number of aliphatic hydroxyl groups excluding tert-OH is 1. The zero-order chi connectivity index (χ0) is 24.1. The van der Waals surface area contributed by atoms with E-state index in [0.29, 0.717) is 36.8 Å². The first-order valence-electron chi connectivity index (χ1n) is 12.3. The van der Waals surface area contributed by atoms with Crippen LogP contribution in [0.25, 0.3) is 0 Å². The van der Waals surface area contributed by atoms with Gasteiger partial charge in [0.05, 0.1) is 17.4 Å². The number of fused-ring (bicyclic) bond motifs is 1. The molecule has 5 aliphatic carbocycles. The maximum atomic E-state index is 14.5. The first-order valence-corrected chi connectivity index (χ1v) is 12.3. The number of allylic oxidation sites excluding steroid dienone is 1. The molecule has 2 spiro atoms. The van der Waals surface area contributed by atoms with Crippen LogP contribution < -0.4 is 0 Å². The maximum Gasteiger partial charge on any atom is 0.205 e. The van der Waals surface area contributed by atoms with E-state index in [-0.39, 0.29) is 24.1 Å². The lowest BCUT2D eigenvalue weighted by Crippen LogP contribution is -2.95. The lowest BCUT2D eigenvalue weighted by atomic mass is 9.18. The Kier molecular flexibility index (Phi) is 3.58. The average Bonchev–Trinajstić information content (AvgIpc) is 2.82. The molecule has 178 valence electrons. The van der Waals surface area contributed by atoms with E-state index < -0.39 is 57.1 Å². The van der Waals surface area contributed by atoms with E-state index in [2.05, 4.69) is 11.6 Å². The number of ether oxygens (including phenoxy) is 1. The Morgan fingerprint density at radius 2 is 2.00 bits per heavy atom. The zero-order valence-electron chi connectivity index (χ0n) is 19.4. The second kappa shape index (κ2) is 5.77. The summed E-state index contributed by atoms with van der Waals surface area (Å²) in [4.78, 5) is 46.0. The predicted octanol–water partition coefficient (Wildman–Crippen LogP) is 2.12. The third-order valence-electron chi connectivity index (χ3n) is 11.0. The number of rotatable bonds is 2. The molecule has 3 heterocycles. The molecule has 2 bridgehead atoms. The molecule has 7 aliphatic rings. The number of Topliss-reactive ketones (excluding diaryl/α,β-unsaturated/α-hetero) is 3. The number of hydrogen-bond donors (Lipinski definition) is 2. The van der Waals surface area contributed by atoms with Gasteiger partial charge in [-0.3, -0.25) is 19.4 Å². The molecule has 2 N–H and O–H groups in total. The van der Waals surface area contributed by atoms with Crippen molar-refractivity contribution >= 4 is 17.3 Å². The monoisotopic (exact) mass is 463 g/mol. The van der Waals surface area contributed by atoms with Crippen LogP contribution in [0, 0.1) is 45.3 Å². The summed E-state index contributed by atoms with van der Waals surface area (Å²) in [5.74, 6) is -4.53. The number of aromatic nitrogens is 1. The molecule has 0 aromatic carbocycles. The van der Waals surface area contributed by atoms with Crippen molar-refractivity contribution in [2.75, 3.05) is 6.61 Å². The molecule has 0 amide bonds. The maximum absolute atomic E-state index is 14.5. The topological polar surface area (TPSA) is 114 Å². The zero-order valence-corrected chi connectivity index (χ0v) is 19.4. The van der Waals surface area contributed by atoms with E-state index in [0.717, 1.165) is 0 Å². The minimum absolute atomic E-state index is 0.00900. The molecule has 7 fully saturated rings. The standard InChI is InChI=1S/C27H29NO6/c1-13-15-6-7-16-24-12-34-27(33,21(31)19(24)23(2,3)9-8-17(24)29)26(16)18(15)25(13,22(26)32)20(30)14-5-4-10-28-11-14/h4-5,10-11,15-16,18-19,21,31,33H,1,6-9,12H2,2-3H3. The summed E-state index contributed by atoms with van der Waals surface area (Å²) in [5, 5.41) is 23.8. The number of aliphatic hydroxyl groups is 2. The van der Waals surface area contributed by atoms with E-state index in [9.17, 15) is 24.6 Å². The number of hydrogen-bond acceptors (Lipinski definition) is 7. The Bertz CT molecular complexity index is 1210. The Morgan fingerprint density at radius 3 is 2.71 bits per heavy atom. The lowest BCUT2D eigenvalue weighted by molar-refractivity contribution is -0.459. The quantitative estimate of drug-likeness (QED) is 0.392. The van der Waals surface area contributed by atoms with Gasteiger partial charge in [0.1, 0.15) is 17.3 Å². The van der Waals surface area contributed by atoms with E-state index in [1.807, 2.05) is 13.8 Å². The van der Waals surface area contributed by atoms with Gasteiger partial charge in [-0.25, -0.2) is 0 Å². The van der Waals surface area contributed by atoms with Gasteiger partial charge in [-0.2, -0.15) is 0 Å². The second-order valence-corrected chi connectivity index (χ2v) is 12.2. The molecule has 5 saturated carbocycles. The molecular weight excluding hydrogens is 434 g/mol. The number of nitrogens with zero attached hydrogens (tertiary/aromatic N) is 1. The van der Waals surface area contributed by atoms with E-state index >= 15 is 0 Å². The molecule has 34 heavy (non-hydrogen) atoms. The van der Waals surface area contributed by atoms with Crippen LogP contribution >= 0.6 is 0 Å². The van der Waals surface area contributed by atoms with Crippen molar-refractivity contribution < 1.29 is 29.3 Å². The Hall–Kier alpha value is -2.22. The molecule has 7 heteroatoms. The van der Waals surface area contributed by atoms with Crippen molar-refractivity contribution in [1.82, 2.24) is 4.98 Å². The summed E-state index contributed by atoms with van der Waals surface area (Å²) >= 11 is 0. The van der Waals surface area contributed by atoms with E-state index in [1.165, 1.54) is 6.20 Å². The Labute approximate surface area is 197 Å². The molecule has 2 saturated heterocycles. The summed E-state index contributed by atoms with van der Waals surface area (Å²) < 4.78 is 6.01. The van der Waals surface area contributed by atoms with Crippen molar-refractivity contribution in [2.24, 2.45) is 45.3 Å². The highest BCUT2D eigenvalue weighted by atomic mass is 16.6. The lowest BCUT2D eigenvalue weighted by Gasteiger charge is -2.84. The summed E-state index contributed by atoms with van der Waals surface area (Å²) in [6, 6.07) is 3.29. The summed E-state index contributed by atoms with van der Waals surface area (Å²) in [5.41, 5.74) is -3.44. The fourth-order valence-corrected chi connectivity index (χ4v) is 9.93. The van der Waals surface area contributed by atoms with Gasteiger partial charge in [-0.1, -0.05) is 26.0 Å². The number of carbonyl (C=O) groups is 3. The second-order valence-electron chi connectivity index (χ2n) is 12.2. The third-order valence-corrected chi connectivity index (χ3v) is 11.0. The fourth-order valence-electron chi connectivity index (χ4n) is 9.93. The van der Waals surface area contributed by atoms with Crippen LogP contribution in [0.2, 0.25) is 0 Å². The first-order chi connectivity index (χ1) is 16.0. The largest absolute Gasteiger partial charge is 0.387 e. The summed E-state index contributed by atoms with van der Waals surface area (Å²) in [7, 11) is 0. The fraction of sp³-hybridized carbons (Fsp3) is 0.630. The SMILES string of the molecule is C=C1C2CCC3C45COC(O)(C(O)C4C(C)(C)CCC5=O)C34C(=O)C1(C(=O)c1cccnc1)C24. The van der Waals surface area contributed by atoms with Crippen LogP contribution in [0.15, 0.2) is 36.7 Å². The molecule has 9 atom stereocenters. The van der Waals surface area contributed by atoms with Crippen molar-refractivity contribution in [3.63, 3.8) is 0 Å². The van der Waals surface area contributed by atoms with Crippen molar-refractivity contribution in [2.45, 2.75) is 51.4 Å². The van der Waals surface area contributed by atoms with Crippen LogP contribution in [0.3, 0.4) is 0 Å². The van der Waals surface area contributed by atoms with Crippen molar-refractivity contribution in [3.8, 4) is 0 Å². The summed E-state index contributed by atoms with van der Waals surface area (Å²) in [6.07, 6.45) is 3.88. The average molecular weight is 464 g/mol. The van der Waals surface area contributed by atoms with Gasteiger partial charge in [0.25, 0.3) is 0 Å². The molecular formula is C27H29NO6. The highest BCUT2D eigenvalue weighted by molar-refractivity contribution is 6.25. The van der Waals surface area contributed by atoms with Crippen LogP contribution in [0.5, 0.6) is 0 Å². The minimum Gasteiger partial charge on any atom is -0.387 e. The molecule has 1 aromatic rings. The molecule has 9 unspecified atom stereocenters. The predicted molar refractivity (Wildman–Crippen MR) is 118 cm³/mol. The first kappa shape index (κ1) is 21.1.